The lowest BCUT2D eigenvalue weighted by atomic mass is 10.0. The van der Waals surface area contributed by atoms with Crippen LogP contribution in [0.15, 0.2) is 0 Å². The van der Waals surface area contributed by atoms with Crippen molar-refractivity contribution in [1.29, 1.82) is 0 Å². The maximum Gasteiger partial charge on any atom is 0.0936 e. The van der Waals surface area contributed by atoms with Gasteiger partial charge in [0, 0.05) is 29.4 Å². The lowest BCUT2D eigenvalue weighted by Crippen LogP contribution is -2.31. The SMILES string of the molecule is CC1CC[C@H](Cl)N(I)C1. The Labute approximate surface area is 75.2 Å². The summed E-state index contributed by atoms with van der Waals surface area (Å²) in [6.07, 6.45) is 2.43. The molecule has 54 valence electrons. The summed E-state index contributed by atoms with van der Waals surface area (Å²) >= 11 is 8.25. The first-order valence-corrected chi connectivity index (χ1v) is 4.67. The molecule has 1 aliphatic heterocycles. The van der Waals surface area contributed by atoms with Crippen molar-refractivity contribution in [2.45, 2.75) is 25.3 Å². The Balaban J connectivity index is 2.35. The fraction of sp³-hybridized carbons (Fsp3) is 1.00. The number of nitrogens with zero attached hydrogens (tertiary/aromatic N) is 1. The van der Waals surface area contributed by atoms with E-state index in [4.69, 9.17) is 11.6 Å². The van der Waals surface area contributed by atoms with Gasteiger partial charge in [0.2, 0.25) is 0 Å². The summed E-state index contributed by atoms with van der Waals surface area (Å²) in [5.74, 6) is 0.830. The Bertz CT molecular complexity index is 99.1. The van der Waals surface area contributed by atoms with Crippen LogP contribution in [0.25, 0.3) is 0 Å². The van der Waals surface area contributed by atoms with Crippen LogP contribution in [0, 0.1) is 5.92 Å². The van der Waals surface area contributed by atoms with Crippen molar-refractivity contribution in [3.8, 4) is 0 Å². The molecule has 0 amide bonds. The van der Waals surface area contributed by atoms with Gasteiger partial charge in [0.25, 0.3) is 0 Å². The zero-order valence-corrected chi connectivity index (χ0v) is 8.39. The standard InChI is InChI=1S/C6H11ClIN/c1-5-2-3-6(7)9(8)4-5/h5-6H,2-4H2,1H3/t5?,6-/m1/s1. The van der Waals surface area contributed by atoms with Crippen molar-refractivity contribution in [3.05, 3.63) is 0 Å². The Kier molecular flexibility index (Phi) is 3.05. The van der Waals surface area contributed by atoms with Crippen molar-refractivity contribution >= 4 is 34.5 Å². The minimum atomic E-state index is 0.279. The van der Waals surface area contributed by atoms with Gasteiger partial charge in [-0.25, -0.2) is 3.11 Å². The molecule has 0 aliphatic carbocycles. The molecule has 1 nitrogen and oxygen atoms in total. The zero-order chi connectivity index (χ0) is 6.85. The monoisotopic (exact) mass is 259 g/mol. The van der Waals surface area contributed by atoms with Crippen molar-refractivity contribution in [2.75, 3.05) is 6.54 Å². The van der Waals surface area contributed by atoms with Gasteiger partial charge >= 0.3 is 0 Å². The molecular formula is C6H11ClIN. The van der Waals surface area contributed by atoms with E-state index in [1.165, 1.54) is 6.42 Å². The molecule has 0 aromatic rings. The maximum atomic E-state index is 5.95. The van der Waals surface area contributed by atoms with Gasteiger partial charge in [-0.3, -0.25) is 0 Å². The van der Waals surface area contributed by atoms with E-state index in [0.717, 1.165) is 18.9 Å². The van der Waals surface area contributed by atoms with E-state index in [1.807, 2.05) is 0 Å². The van der Waals surface area contributed by atoms with Gasteiger partial charge in [-0.2, -0.15) is 0 Å². The first kappa shape index (κ1) is 8.08. The third-order valence-electron chi connectivity index (χ3n) is 1.69. The zero-order valence-electron chi connectivity index (χ0n) is 5.48. The van der Waals surface area contributed by atoms with E-state index in [2.05, 4.69) is 32.9 Å². The molecule has 0 aromatic carbocycles. The molecule has 0 aromatic heterocycles. The topological polar surface area (TPSA) is 3.24 Å². The van der Waals surface area contributed by atoms with E-state index in [0.29, 0.717) is 0 Å². The average molecular weight is 260 g/mol. The van der Waals surface area contributed by atoms with Gasteiger partial charge in [-0.15, -0.1) is 11.6 Å². The summed E-state index contributed by atoms with van der Waals surface area (Å²) in [5.41, 5.74) is 0.279. The minimum absolute atomic E-state index is 0.279. The highest BCUT2D eigenvalue weighted by molar-refractivity contribution is 14.1. The van der Waals surface area contributed by atoms with Gasteiger partial charge < -0.3 is 0 Å². The number of hydrogen-bond donors (Lipinski definition) is 0. The molecule has 0 bridgehead atoms. The third kappa shape index (κ3) is 2.24. The van der Waals surface area contributed by atoms with Gasteiger partial charge in [0.1, 0.15) is 0 Å². The van der Waals surface area contributed by atoms with Crippen LogP contribution in [-0.2, 0) is 0 Å². The first-order chi connectivity index (χ1) is 4.20. The van der Waals surface area contributed by atoms with Gasteiger partial charge in [-0.05, 0) is 18.8 Å². The fourth-order valence-electron chi connectivity index (χ4n) is 1.07. The Morgan fingerprint density at radius 1 is 1.56 bits per heavy atom. The number of alkyl halides is 1. The number of hydrogen-bond acceptors (Lipinski definition) is 1. The number of rotatable bonds is 0. The van der Waals surface area contributed by atoms with Crippen LogP contribution < -0.4 is 0 Å². The maximum absolute atomic E-state index is 5.95. The highest BCUT2D eigenvalue weighted by atomic mass is 127. The molecule has 9 heavy (non-hydrogen) atoms. The van der Waals surface area contributed by atoms with E-state index in [-0.39, 0.29) is 5.50 Å². The summed E-state index contributed by atoms with van der Waals surface area (Å²) in [6.45, 7) is 3.42. The lowest BCUT2D eigenvalue weighted by molar-refractivity contribution is 0.297. The normalized spacial score (nSPS) is 39.0. The Morgan fingerprint density at radius 3 is 2.67 bits per heavy atom. The quantitative estimate of drug-likeness (QED) is 0.280. The smallest absolute Gasteiger partial charge is 0.0936 e. The van der Waals surface area contributed by atoms with Crippen molar-refractivity contribution in [2.24, 2.45) is 5.92 Å². The molecule has 1 saturated heterocycles. The number of halogens is 2. The summed E-state index contributed by atoms with van der Waals surface area (Å²) < 4.78 is 2.19. The van der Waals surface area contributed by atoms with Crippen LogP contribution in [0.1, 0.15) is 19.8 Å². The lowest BCUT2D eigenvalue weighted by Gasteiger charge is -2.29. The molecule has 1 aliphatic rings. The van der Waals surface area contributed by atoms with Crippen LogP contribution in [0.2, 0.25) is 0 Å². The summed E-state index contributed by atoms with van der Waals surface area (Å²) in [7, 11) is 0. The number of piperidine rings is 1. The van der Waals surface area contributed by atoms with Gasteiger partial charge in [-0.1, -0.05) is 6.92 Å². The van der Waals surface area contributed by atoms with E-state index >= 15 is 0 Å². The molecule has 1 rings (SSSR count). The van der Waals surface area contributed by atoms with Crippen LogP contribution >= 0.6 is 34.5 Å². The molecule has 0 saturated carbocycles. The van der Waals surface area contributed by atoms with Crippen LogP contribution in [0.3, 0.4) is 0 Å². The fourth-order valence-corrected chi connectivity index (χ4v) is 2.22. The van der Waals surface area contributed by atoms with Gasteiger partial charge in [0.05, 0.1) is 5.50 Å². The molecular weight excluding hydrogens is 248 g/mol. The molecule has 3 heteroatoms. The van der Waals surface area contributed by atoms with Crippen LogP contribution in [0.4, 0.5) is 0 Å². The third-order valence-corrected chi connectivity index (χ3v) is 3.54. The predicted molar refractivity (Wildman–Crippen MR) is 48.8 cm³/mol. The Hall–Kier alpha value is 0.980. The van der Waals surface area contributed by atoms with Crippen molar-refractivity contribution in [1.82, 2.24) is 3.11 Å². The second-order valence-corrected chi connectivity index (χ2v) is 4.44. The molecule has 1 unspecified atom stereocenters. The van der Waals surface area contributed by atoms with Crippen molar-refractivity contribution < 1.29 is 0 Å². The summed E-state index contributed by atoms with van der Waals surface area (Å²) in [4.78, 5) is 0. The Morgan fingerprint density at radius 2 is 2.22 bits per heavy atom. The second kappa shape index (κ2) is 3.39. The summed E-state index contributed by atoms with van der Waals surface area (Å²) in [6, 6.07) is 0. The molecule has 0 spiro atoms. The van der Waals surface area contributed by atoms with E-state index < -0.39 is 0 Å². The molecule has 1 fully saturated rings. The average Bonchev–Trinajstić information content (AvgIpc) is 1.80. The first-order valence-electron chi connectivity index (χ1n) is 3.26. The summed E-state index contributed by atoms with van der Waals surface area (Å²) in [5, 5.41) is 0. The minimum Gasteiger partial charge on any atom is -0.230 e. The van der Waals surface area contributed by atoms with Crippen LogP contribution in [0.5, 0.6) is 0 Å². The molecule has 0 radical (unpaired) electrons. The predicted octanol–water partition coefficient (Wildman–Crippen LogP) is 2.63. The largest absolute Gasteiger partial charge is 0.230 e. The van der Waals surface area contributed by atoms with E-state index in [9.17, 15) is 0 Å². The van der Waals surface area contributed by atoms with E-state index in [1.54, 1.807) is 0 Å². The van der Waals surface area contributed by atoms with Crippen molar-refractivity contribution in [3.63, 3.8) is 0 Å². The molecule has 0 N–H and O–H groups in total. The van der Waals surface area contributed by atoms with Gasteiger partial charge in [0.15, 0.2) is 0 Å². The second-order valence-electron chi connectivity index (χ2n) is 2.70. The highest BCUT2D eigenvalue weighted by Gasteiger charge is 2.21. The van der Waals surface area contributed by atoms with Crippen LogP contribution in [-0.4, -0.2) is 15.2 Å². The molecule has 2 atom stereocenters. The highest BCUT2D eigenvalue weighted by Crippen LogP contribution is 2.26. The molecule has 1 heterocycles.